The largest absolute Gasteiger partial charge is 0.508 e. The lowest BCUT2D eigenvalue weighted by atomic mass is 9.98. The van der Waals surface area contributed by atoms with Crippen molar-refractivity contribution >= 4 is 29.3 Å². The Kier molecular flexibility index (Phi) is 6.63. The van der Waals surface area contributed by atoms with Gasteiger partial charge in [0.1, 0.15) is 12.0 Å². The summed E-state index contributed by atoms with van der Waals surface area (Å²) in [6.45, 7) is 7.10. The Labute approximate surface area is 194 Å². The van der Waals surface area contributed by atoms with Crippen LogP contribution in [0.5, 0.6) is 5.75 Å². The molecule has 0 radical (unpaired) electrons. The molecule has 3 aromatic rings. The molecule has 6 nitrogen and oxygen atoms in total. The van der Waals surface area contributed by atoms with Gasteiger partial charge in [-0.3, -0.25) is 9.59 Å². The molecule has 1 unspecified atom stereocenters. The molecule has 1 fully saturated rings. The molecule has 0 aliphatic carbocycles. The van der Waals surface area contributed by atoms with Crippen molar-refractivity contribution in [1.82, 2.24) is 0 Å². The number of phenolic OH excluding ortho intramolecular Hbond substituents is 1. The number of amides is 1. The van der Waals surface area contributed by atoms with Gasteiger partial charge in [0.25, 0.3) is 0 Å². The van der Waals surface area contributed by atoms with Crippen LogP contribution in [0.25, 0.3) is 0 Å². The highest BCUT2D eigenvalue weighted by Crippen LogP contribution is 2.30. The first-order valence-corrected chi connectivity index (χ1v) is 11.2. The molecule has 6 heteroatoms. The molecule has 0 spiro atoms. The minimum absolute atomic E-state index is 0.112. The maximum absolute atomic E-state index is 12.8. The molecule has 1 aliphatic heterocycles. The lowest BCUT2D eigenvalue weighted by molar-refractivity contribution is -0.117. The Morgan fingerprint density at radius 2 is 1.52 bits per heavy atom. The van der Waals surface area contributed by atoms with Crippen molar-refractivity contribution in [3.8, 4) is 5.75 Å². The van der Waals surface area contributed by atoms with Gasteiger partial charge in [0.15, 0.2) is 0 Å². The summed E-state index contributed by atoms with van der Waals surface area (Å²) >= 11 is 0. The monoisotopic (exact) mass is 443 g/mol. The SMILES string of the molecule is Cc1ccc(NC(=O)C(C)c2cc(O)cc(N3CCN(c4ccc(C=O)cc4)CC3)c2)cc1. The quantitative estimate of drug-likeness (QED) is 0.546. The average molecular weight is 444 g/mol. The van der Waals surface area contributed by atoms with E-state index >= 15 is 0 Å². The van der Waals surface area contributed by atoms with Gasteiger partial charge in [-0.15, -0.1) is 0 Å². The number of carbonyl (C=O) groups is 2. The minimum Gasteiger partial charge on any atom is -0.508 e. The first-order valence-electron chi connectivity index (χ1n) is 11.2. The van der Waals surface area contributed by atoms with Crippen molar-refractivity contribution in [2.45, 2.75) is 19.8 Å². The molecule has 1 atom stereocenters. The lowest BCUT2D eigenvalue weighted by Gasteiger charge is -2.37. The van der Waals surface area contributed by atoms with Crippen molar-refractivity contribution in [2.75, 3.05) is 41.3 Å². The summed E-state index contributed by atoms with van der Waals surface area (Å²) in [5.74, 6) is -0.363. The third-order valence-corrected chi connectivity index (χ3v) is 6.18. The van der Waals surface area contributed by atoms with Crippen molar-refractivity contribution in [3.63, 3.8) is 0 Å². The fraction of sp³-hybridized carbons (Fsp3) is 0.259. The lowest BCUT2D eigenvalue weighted by Crippen LogP contribution is -2.46. The highest BCUT2D eigenvalue weighted by atomic mass is 16.3. The van der Waals surface area contributed by atoms with Crippen LogP contribution in [0.15, 0.2) is 66.7 Å². The molecule has 1 saturated heterocycles. The van der Waals surface area contributed by atoms with E-state index < -0.39 is 5.92 Å². The molecule has 0 bridgehead atoms. The molecule has 0 saturated carbocycles. The first-order chi connectivity index (χ1) is 15.9. The maximum atomic E-state index is 12.8. The van der Waals surface area contributed by atoms with Gasteiger partial charge in [-0.05, 0) is 67.9 Å². The van der Waals surface area contributed by atoms with Crippen LogP contribution in [0.1, 0.15) is 34.3 Å². The molecule has 2 N–H and O–H groups in total. The predicted molar refractivity (Wildman–Crippen MR) is 133 cm³/mol. The Hall–Kier alpha value is -3.80. The second kappa shape index (κ2) is 9.77. The molecule has 3 aromatic carbocycles. The Balaban J connectivity index is 1.43. The summed E-state index contributed by atoms with van der Waals surface area (Å²) in [5.41, 5.74) is 5.35. The topological polar surface area (TPSA) is 72.9 Å². The fourth-order valence-electron chi connectivity index (χ4n) is 4.08. The van der Waals surface area contributed by atoms with E-state index in [0.717, 1.165) is 60.7 Å². The van der Waals surface area contributed by atoms with Crippen LogP contribution in [-0.4, -0.2) is 43.5 Å². The number of hydrogen-bond donors (Lipinski definition) is 2. The van der Waals surface area contributed by atoms with Crippen LogP contribution >= 0.6 is 0 Å². The number of piperazine rings is 1. The average Bonchev–Trinajstić information content (AvgIpc) is 2.84. The van der Waals surface area contributed by atoms with Crippen molar-refractivity contribution in [1.29, 1.82) is 0 Å². The molecule has 1 aliphatic rings. The predicted octanol–water partition coefficient (Wildman–Crippen LogP) is 4.58. The number of aryl methyl sites for hydroxylation is 1. The third kappa shape index (κ3) is 5.34. The number of anilines is 3. The molecule has 1 heterocycles. The van der Waals surface area contributed by atoms with Crippen molar-refractivity contribution in [2.24, 2.45) is 0 Å². The molecule has 170 valence electrons. The zero-order valence-electron chi connectivity index (χ0n) is 19.0. The molecule has 4 rings (SSSR count). The summed E-state index contributed by atoms with van der Waals surface area (Å²) in [4.78, 5) is 28.2. The third-order valence-electron chi connectivity index (χ3n) is 6.18. The Bertz CT molecular complexity index is 1120. The Morgan fingerprint density at radius 3 is 2.12 bits per heavy atom. The summed E-state index contributed by atoms with van der Waals surface area (Å²) in [7, 11) is 0. The number of benzene rings is 3. The van der Waals surface area contributed by atoms with Crippen LogP contribution in [-0.2, 0) is 4.79 Å². The molecule has 0 aromatic heterocycles. The number of hydrogen-bond acceptors (Lipinski definition) is 5. The molecular weight excluding hydrogens is 414 g/mol. The van der Waals surface area contributed by atoms with Crippen molar-refractivity contribution in [3.05, 3.63) is 83.4 Å². The molecule has 33 heavy (non-hydrogen) atoms. The molecular formula is C27H29N3O3. The zero-order chi connectivity index (χ0) is 23.4. The highest BCUT2D eigenvalue weighted by molar-refractivity contribution is 5.95. The number of nitrogens with one attached hydrogen (secondary N) is 1. The van der Waals surface area contributed by atoms with Gasteiger partial charge in [-0.2, -0.15) is 0 Å². The van der Waals surface area contributed by atoms with Gasteiger partial charge in [0.05, 0.1) is 5.92 Å². The smallest absolute Gasteiger partial charge is 0.231 e. The summed E-state index contributed by atoms with van der Waals surface area (Å²) < 4.78 is 0. The van der Waals surface area contributed by atoms with Gasteiger partial charge in [0.2, 0.25) is 5.91 Å². The number of nitrogens with zero attached hydrogens (tertiary/aromatic N) is 2. The van der Waals surface area contributed by atoms with E-state index in [0.29, 0.717) is 5.56 Å². The van der Waals surface area contributed by atoms with E-state index in [-0.39, 0.29) is 11.7 Å². The number of phenols is 1. The fourth-order valence-corrected chi connectivity index (χ4v) is 4.08. The van der Waals surface area contributed by atoms with E-state index in [1.54, 1.807) is 12.1 Å². The number of carbonyl (C=O) groups excluding carboxylic acids is 2. The van der Waals surface area contributed by atoms with Crippen LogP contribution in [0.2, 0.25) is 0 Å². The van der Waals surface area contributed by atoms with Crippen LogP contribution < -0.4 is 15.1 Å². The van der Waals surface area contributed by atoms with Crippen LogP contribution in [0.4, 0.5) is 17.1 Å². The number of aldehydes is 1. The number of aromatic hydroxyl groups is 1. The van der Waals surface area contributed by atoms with Crippen molar-refractivity contribution < 1.29 is 14.7 Å². The first kappa shape index (κ1) is 22.4. The van der Waals surface area contributed by atoms with Gasteiger partial charge in [0, 0.05) is 54.9 Å². The van der Waals surface area contributed by atoms with E-state index in [2.05, 4.69) is 15.1 Å². The van der Waals surface area contributed by atoms with Crippen LogP contribution in [0, 0.1) is 6.92 Å². The summed E-state index contributed by atoms with van der Waals surface area (Å²) in [6, 6.07) is 20.7. The minimum atomic E-state index is -0.408. The normalized spacial score (nSPS) is 14.6. The van der Waals surface area contributed by atoms with E-state index in [4.69, 9.17) is 0 Å². The standard InChI is InChI=1S/C27H29N3O3/c1-19-3-7-23(8-4-19)28-27(33)20(2)22-15-25(17-26(32)16-22)30-13-11-29(12-14-30)24-9-5-21(18-31)6-10-24/h3-10,15-18,20,32H,11-14H2,1-2H3,(H,28,33). The summed E-state index contributed by atoms with van der Waals surface area (Å²) in [6.07, 6.45) is 0.850. The molecule has 1 amide bonds. The van der Waals surface area contributed by atoms with E-state index in [1.807, 2.05) is 68.4 Å². The van der Waals surface area contributed by atoms with Gasteiger partial charge in [-0.25, -0.2) is 0 Å². The van der Waals surface area contributed by atoms with Gasteiger partial charge < -0.3 is 20.2 Å². The summed E-state index contributed by atoms with van der Waals surface area (Å²) in [5, 5.41) is 13.3. The van der Waals surface area contributed by atoms with E-state index in [9.17, 15) is 14.7 Å². The van der Waals surface area contributed by atoms with Crippen LogP contribution in [0.3, 0.4) is 0 Å². The van der Waals surface area contributed by atoms with Gasteiger partial charge in [-0.1, -0.05) is 17.7 Å². The highest BCUT2D eigenvalue weighted by Gasteiger charge is 2.21. The second-order valence-electron chi connectivity index (χ2n) is 8.54. The maximum Gasteiger partial charge on any atom is 0.231 e. The Morgan fingerprint density at radius 1 is 0.909 bits per heavy atom. The van der Waals surface area contributed by atoms with E-state index in [1.165, 1.54) is 0 Å². The number of rotatable bonds is 6. The van der Waals surface area contributed by atoms with Gasteiger partial charge >= 0.3 is 0 Å². The zero-order valence-corrected chi connectivity index (χ0v) is 19.0. The second-order valence-corrected chi connectivity index (χ2v) is 8.54.